The Bertz CT molecular complexity index is 379. The van der Waals surface area contributed by atoms with Gasteiger partial charge in [0.15, 0.2) is 0 Å². The van der Waals surface area contributed by atoms with Gasteiger partial charge in [-0.2, -0.15) is 0 Å². The molecule has 0 aromatic heterocycles. The minimum atomic E-state index is 0.729. The Kier molecular flexibility index (Phi) is 6.38. The summed E-state index contributed by atoms with van der Waals surface area (Å²) in [5.74, 6) is 1.61. The number of rotatable bonds is 6. The molecule has 112 valence electrons. The lowest BCUT2D eigenvalue weighted by atomic mass is 9.75. The second-order valence-corrected chi connectivity index (χ2v) is 6.94. The molecule has 1 nitrogen and oxygen atoms in total. The summed E-state index contributed by atoms with van der Waals surface area (Å²) < 4.78 is 0. The molecule has 1 aliphatic rings. The summed E-state index contributed by atoms with van der Waals surface area (Å²) in [7, 11) is 4.33. The van der Waals surface area contributed by atoms with E-state index in [9.17, 15) is 0 Å². The standard InChI is InChI=1S/C18H28ClN/c1-20(2)14-6-9-18(15-7-4-3-5-8-15)16-10-12-17(19)13-11-16/h10-13,15,18H,3-9,14H2,1-2H3. The van der Waals surface area contributed by atoms with Gasteiger partial charge in [-0.1, -0.05) is 43.0 Å². The van der Waals surface area contributed by atoms with Gasteiger partial charge < -0.3 is 4.90 Å². The lowest BCUT2D eigenvalue weighted by molar-refractivity contribution is 0.281. The topological polar surface area (TPSA) is 3.24 Å². The maximum atomic E-state index is 6.04. The van der Waals surface area contributed by atoms with Gasteiger partial charge in [0.05, 0.1) is 0 Å². The zero-order valence-corrected chi connectivity index (χ0v) is 13.7. The highest BCUT2D eigenvalue weighted by Gasteiger charge is 2.24. The van der Waals surface area contributed by atoms with Crippen LogP contribution in [0.25, 0.3) is 0 Å². The van der Waals surface area contributed by atoms with Gasteiger partial charge >= 0.3 is 0 Å². The summed E-state index contributed by atoms with van der Waals surface area (Å²) in [6.45, 7) is 1.19. The zero-order chi connectivity index (χ0) is 14.4. The molecular weight excluding hydrogens is 266 g/mol. The lowest BCUT2D eigenvalue weighted by Gasteiger charge is -2.31. The molecule has 1 fully saturated rings. The summed E-state index contributed by atoms with van der Waals surface area (Å²) in [4.78, 5) is 2.29. The Balaban J connectivity index is 2.04. The van der Waals surface area contributed by atoms with E-state index in [1.165, 1.54) is 57.1 Å². The van der Waals surface area contributed by atoms with E-state index in [1.807, 2.05) is 0 Å². The average molecular weight is 294 g/mol. The molecule has 2 heteroatoms. The van der Waals surface area contributed by atoms with E-state index in [1.54, 1.807) is 0 Å². The van der Waals surface area contributed by atoms with E-state index in [0.717, 1.165) is 16.9 Å². The first-order valence-electron chi connectivity index (χ1n) is 8.07. The van der Waals surface area contributed by atoms with Crippen LogP contribution in [-0.4, -0.2) is 25.5 Å². The van der Waals surface area contributed by atoms with Crippen LogP contribution in [-0.2, 0) is 0 Å². The normalized spacial score (nSPS) is 18.4. The van der Waals surface area contributed by atoms with E-state index >= 15 is 0 Å². The van der Waals surface area contributed by atoms with Crippen molar-refractivity contribution in [3.63, 3.8) is 0 Å². The quantitative estimate of drug-likeness (QED) is 0.684. The molecule has 1 unspecified atom stereocenters. The van der Waals surface area contributed by atoms with Crippen molar-refractivity contribution in [2.45, 2.75) is 50.9 Å². The number of halogens is 1. The first-order valence-corrected chi connectivity index (χ1v) is 8.45. The van der Waals surface area contributed by atoms with Crippen molar-refractivity contribution in [2.24, 2.45) is 5.92 Å². The molecule has 1 aliphatic carbocycles. The van der Waals surface area contributed by atoms with Crippen LogP contribution in [0.1, 0.15) is 56.4 Å². The predicted molar refractivity (Wildman–Crippen MR) is 88.6 cm³/mol. The molecule has 0 amide bonds. The van der Waals surface area contributed by atoms with Crippen molar-refractivity contribution in [3.8, 4) is 0 Å². The molecular formula is C18H28ClN. The minimum absolute atomic E-state index is 0.729. The van der Waals surface area contributed by atoms with Crippen LogP contribution in [0.15, 0.2) is 24.3 Å². The molecule has 1 aromatic carbocycles. The van der Waals surface area contributed by atoms with Crippen molar-refractivity contribution < 1.29 is 0 Å². The van der Waals surface area contributed by atoms with Crippen LogP contribution in [0.5, 0.6) is 0 Å². The molecule has 0 saturated heterocycles. The third kappa shape index (κ3) is 4.79. The highest BCUT2D eigenvalue weighted by Crippen LogP contribution is 2.39. The molecule has 1 aromatic rings. The Labute approximate surface area is 129 Å². The lowest BCUT2D eigenvalue weighted by Crippen LogP contribution is -2.19. The summed E-state index contributed by atoms with van der Waals surface area (Å²) in [5, 5.41) is 0.851. The molecule has 0 spiro atoms. The van der Waals surface area contributed by atoms with Crippen molar-refractivity contribution in [3.05, 3.63) is 34.9 Å². The Morgan fingerprint density at radius 3 is 2.35 bits per heavy atom. The van der Waals surface area contributed by atoms with E-state index in [-0.39, 0.29) is 0 Å². The van der Waals surface area contributed by atoms with Gasteiger partial charge in [0.1, 0.15) is 0 Å². The van der Waals surface area contributed by atoms with Crippen molar-refractivity contribution >= 4 is 11.6 Å². The van der Waals surface area contributed by atoms with E-state index < -0.39 is 0 Å². The molecule has 0 aliphatic heterocycles. The first-order chi connectivity index (χ1) is 9.66. The van der Waals surface area contributed by atoms with Crippen molar-refractivity contribution in [2.75, 3.05) is 20.6 Å². The second-order valence-electron chi connectivity index (χ2n) is 6.50. The van der Waals surface area contributed by atoms with Gasteiger partial charge in [0.25, 0.3) is 0 Å². The van der Waals surface area contributed by atoms with Crippen LogP contribution >= 0.6 is 11.6 Å². The van der Waals surface area contributed by atoms with Gasteiger partial charge in [-0.25, -0.2) is 0 Å². The minimum Gasteiger partial charge on any atom is -0.309 e. The van der Waals surface area contributed by atoms with Gasteiger partial charge in [-0.15, -0.1) is 0 Å². The maximum absolute atomic E-state index is 6.04. The highest BCUT2D eigenvalue weighted by atomic mass is 35.5. The molecule has 1 saturated carbocycles. The van der Waals surface area contributed by atoms with Gasteiger partial charge in [0.2, 0.25) is 0 Å². The molecule has 0 bridgehead atoms. The Morgan fingerprint density at radius 1 is 1.10 bits per heavy atom. The predicted octanol–water partition coefficient (Wildman–Crippen LogP) is 5.35. The van der Waals surface area contributed by atoms with E-state index in [2.05, 4.69) is 43.3 Å². The molecule has 2 rings (SSSR count). The van der Waals surface area contributed by atoms with Crippen LogP contribution in [0.4, 0.5) is 0 Å². The second kappa shape index (κ2) is 8.05. The third-order valence-electron chi connectivity index (χ3n) is 4.64. The fraction of sp³-hybridized carbons (Fsp3) is 0.667. The summed E-state index contributed by atoms with van der Waals surface area (Å²) >= 11 is 6.04. The summed E-state index contributed by atoms with van der Waals surface area (Å²) in [6.07, 6.45) is 9.69. The number of hydrogen-bond acceptors (Lipinski definition) is 1. The van der Waals surface area contributed by atoms with E-state index in [0.29, 0.717) is 0 Å². The molecule has 1 atom stereocenters. The molecule has 0 N–H and O–H groups in total. The largest absolute Gasteiger partial charge is 0.309 e. The van der Waals surface area contributed by atoms with Gasteiger partial charge in [0, 0.05) is 5.02 Å². The third-order valence-corrected chi connectivity index (χ3v) is 4.89. The molecule has 0 heterocycles. The maximum Gasteiger partial charge on any atom is 0.0406 e. The van der Waals surface area contributed by atoms with Crippen LogP contribution < -0.4 is 0 Å². The number of hydrogen-bond donors (Lipinski definition) is 0. The van der Waals surface area contributed by atoms with Gasteiger partial charge in [-0.05, 0) is 75.9 Å². The molecule has 20 heavy (non-hydrogen) atoms. The van der Waals surface area contributed by atoms with Crippen LogP contribution in [0.2, 0.25) is 5.02 Å². The zero-order valence-electron chi connectivity index (χ0n) is 12.9. The number of nitrogens with zero attached hydrogens (tertiary/aromatic N) is 1. The highest BCUT2D eigenvalue weighted by molar-refractivity contribution is 6.30. The summed E-state index contributed by atoms with van der Waals surface area (Å²) in [6, 6.07) is 8.60. The number of benzene rings is 1. The smallest absolute Gasteiger partial charge is 0.0406 e. The molecule has 0 radical (unpaired) electrons. The fourth-order valence-electron chi connectivity index (χ4n) is 3.55. The van der Waals surface area contributed by atoms with Crippen LogP contribution in [0, 0.1) is 5.92 Å². The average Bonchev–Trinajstić information content (AvgIpc) is 2.46. The Hall–Kier alpha value is -0.530. The monoisotopic (exact) mass is 293 g/mol. The van der Waals surface area contributed by atoms with Crippen molar-refractivity contribution in [1.29, 1.82) is 0 Å². The SMILES string of the molecule is CN(C)CCCC(c1ccc(Cl)cc1)C1CCCCC1. The van der Waals surface area contributed by atoms with Crippen molar-refractivity contribution in [1.82, 2.24) is 4.90 Å². The van der Waals surface area contributed by atoms with Gasteiger partial charge in [-0.3, -0.25) is 0 Å². The fourth-order valence-corrected chi connectivity index (χ4v) is 3.67. The first kappa shape index (κ1) is 15.9. The van der Waals surface area contributed by atoms with E-state index in [4.69, 9.17) is 11.6 Å². The Morgan fingerprint density at radius 2 is 1.75 bits per heavy atom. The van der Waals surface area contributed by atoms with Crippen LogP contribution in [0.3, 0.4) is 0 Å². The summed E-state index contributed by atoms with van der Waals surface area (Å²) in [5.41, 5.74) is 1.50.